The van der Waals surface area contributed by atoms with Crippen molar-refractivity contribution in [1.29, 1.82) is 0 Å². The minimum absolute atomic E-state index is 0.0195. The van der Waals surface area contributed by atoms with Crippen LogP contribution >= 0.6 is 23.4 Å². The molecule has 0 bridgehead atoms. The molecule has 0 unspecified atom stereocenters. The molecule has 9 nitrogen and oxygen atoms in total. The lowest BCUT2D eigenvalue weighted by Gasteiger charge is -2.12. The van der Waals surface area contributed by atoms with Crippen LogP contribution in [0.25, 0.3) is 17.4 Å². The summed E-state index contributed by atoms with van der Waals surface area (Å²) in [5, 5.41) is 13.3. The normalized spacial score (nSPS) is 14.6. The highest BCUT2D eigenvalue weighted by Gasteiger charge is 2.36. The zero-order valence-electron chi connectivity index (χ0n) is 17.0. The molecule has 0 spiro atoms. The number of hydrogen-bond acceptors (Lipinski definition) is 7. The van der Waals surface area contributed by atoms with E-state index in [1.165, 1.54) is 48.5 Å². The number of amides is 3. The Hall–Kier alpha value is -3.96. The summed E-state index contributed by atoms with van der Waals surface area (Å²) < 4.78 is 18.6. The van der Waals surface area contributed by atoms with E-state index >= 15 is 0 Å². The molecule has 0 atom stereocenters. The third-order valence-corrected chi connectivity index (χ3v) is 5.77. The summed E-state index contributed by atoms with van der Waals surface area (Å²) in [7, 11) is 0. The average molecular weight is 502 g/mol. The monoisotopic (exact) mass is 501 g/mol. The highest BCUT2D eigenvalue weighted by Crippen LogP contribution is 2.36. The molecule has 0 saturated carbocycles. The van der Waals surface area contributed by atoms with Crippen molar-refractivity contribution in [3.8, 4) is 11.3 Å². The van der Waals surface area contributed by atoms with Gasteiger partial charge in [0.1, 0.15) is 23.9 Å². The third kappa shape index (κ3) is 5.00. The Morgan fingerprint density at radius 1 is 1.18 bits per heavy atom. The number of thioether (sulfide) groups is 1. The molecule has 1 aliphatic heterocycles. The number of hydrogen-bond donors (Lipinski definition) is 1. The summed E-state index contributed by atoms with van der Waals surface area (Å²) in [4.78, 5) is 48.7. The van der Waals surface area contributed by atoms with Crippen molar-refractivity contribution >= 4 is 57.9 Å². The van der Waals surface area contributed by atoms with E-state index in [0.717, 1.165) is 17.0 Å². The fourth-order valence-corrected chi connectivity index (χ4v) is 4.07. The summed E-state index contributed by atoms with van der Waals surface area (Å²) in [6.07, 6.45) is 1.31. The first kappa shape index (κ1) is 23.2. The van der Waals surface area contributed by atoms with Gasteiger partial charge in [-0.1, -0.05) is 11.6 Å². The van der Waals surface area contributed by atoms with Crippen LogP contribution in [0.1, 0.15) is 5.76 Å². The molecule has 12 heteroatoms. The predicted molar refractivity (Wildman–Crippen MR) is 124 cm³/mol. The highest BCUT2D eigenvalue weighted by atomic mass is 35.5. The van der Waals surface area contributed by atoms with Gasteiger partial charge < -0.3 is 9.73 Å². The number of halogens is 2. The minimum atomic E-state index is -0.695. The van der Waals surface area contributed by atoms with Gasteiger partial charge in [-0.25, -0.2) is 4.39 Å². The van der Waals surface area contributed by atoms with E-state index in [1.54, 1.807) is 0 Å². The third-order valence-electron chi connectivity index (χ3n) is 4.63. The van der Waals surface area contributed by atoms with E-state index in [2.05, 4.69) is 5.32 Å². The average Bonchev–Trinajstić information content (AvgIpc) is 3.35. The number of nitro benzene ring substituents is 1. The summed E-state index contributed by atoms with van der Waals surface area (Å²) in [5.41, 5.74) is 0.258. The fraction of sp³-hybridized carbons (Fsp3) is 0.0455. The maximum atomic E-state index is 13.0. The Morgan fingerprint density at radius 2 is 1.91 bits per heavy atom. The number of benzene rings is 2. The van der Waals surface area contributed by atoms with Crippen molar-refractivity contribution in [2.24, 2.45) is 0 Å². The number of nitrogens with one attached hydrogen (secondary N) is 1. The number of anilines is 1. The molecule has 2 aromatic carbocycles. The van der Waals surface area contributed by atoms with Crippen LogP contribution in [0.15, 0.2) is 63.9 Å². The van der Waals surface area contributed by atoms with Crippen molar-refractivity contribution in [2.75, 3.05) is 11.9 Å². The Labute approximate surface area is 200 Å². The smallest absolute Gasteiger partial charge is 0.294 e. The quantitative estimate of drug-likeness (QED) is 0.275. The van der Waals surface area contributed by atoms with E-state index in [0.29, 0.717) is 17.4 Å². The van der Waals surface area contributed by atoms with Crippen LogP contribution in [-0.4, -0.2) is 33.4 Å². The van der Waals surface area contributed by atoms with E-state index in [4.69, 9.17) is 16.0 Å². The maximum Gasteiger partial charge on any atom is 0.294 e. The number of nitrogens with zero attached hydrogens (tertiary/aromatic N) is 2. The van der Waals surface area contributed by atoms with Crippen LogP contribution in [-0.2, 0) is 9.59 Å². The van der Waals surface area contributed by atoms with Gasteiger partial charge in [0, 0.05) is 22.9 Å². The SMILES string of the molecule is O=C(CN1C(=O)S/C(=C/c2ccc(-c3ccc(Cl)cc3[N+](=O)[O-])o2)C1=O)Nc1ccc(F)cc1. The van der Waals surface area contributed by atoms with Crippen LogP contribution in [0.2, 0.25) is 5.02 Å². The van der Waals surface area contributed by atoms with E-state index in [1.807, 2.05) is 0 Å². The van der Waals surface area contributed by atoms with E-state index in [-0.39, 0.29) is 32.7 Å². The lowest BCUT2D eigenvalue weighted by atomic mass is 10.1. The second-order valence-corrected chi connectivity index (χ2v) is 8.37. The first-order valence-electron chi connectivity index (χ1n) is 9.56. The number of nitro groups is 1. The van der Waals surface area contributed by atoms with Gasteiger partial charge in [0.15, 0.2) is 0 Å². The minimum Gasteiger partial charge on any atom is -0.456 e. The lowest BCUT2D eigenvalue weighted by Crippen LogP contribution is -2.36. The second kappa shape index (κ2) is 9.49. The van der Waals surface area contributed by atoms with Crippen LogP contribution < -0.4 is 5.32 Å². The van der Waals surface area contributed by atoms with Crippen molar-refractivity contribution < 1.29 is 28.1 Å². The number of furan rings is 1. The van der Waals surface area contributed by atoms with Gasteiger partial charge in [-0.3, -0.25) is 29.4 Å². The highest BCUT2D eigenvalue weighted by molar-refractivity contribution is 8.18. The standard InChI is InChI=1S/C22H13ClFN3O6S/c23-12-1-7-16(17(9-12)27(31)32)18-8-6-15(33-18)10-19-21(29)26(22(30)34-19)11-20(28)25-14-4-2-13(24)3-5-14/h1-10H,11H2,(H,25,28)/b19-10+. The summed E-state index contributed by atoms with van der Waals surface area (Å²) in [5.74, 6) is -1.45. The summed E-state index contributed by atoms with van der Waals surface area (Å²) in [6.45, 7) is -0.528. The van der Waals surface area contributed by atoms with E-state index < -0.39 is 34.3 Å². The number of rotatable bonds is 6. The Morgan fingerprint density at radius 3 is 2.62 bits per heavy atom. The topological polar surface area (TPSA) is 123 Å². The Balaban J connectivity index is 1.49. The zero-order valence-corrected chi connectivity index (χ0v) is 18.6. The van der Waals surface area contributed by atoms with Crippen LogP contribution in [0.3, 0.4) is 0 Å². The molecule has 1 fully saturated rings. The molecule has 3 amide bonds. The van der Waals surface area contributed by atoms with E-state index in [9.17, 15) is 28.9 Å². The van der Waals surface area contributed by atoms with Gasteiger partial charge in [0.25, 0.3) is 16.8 Å². The molecule has 2 heterocycles. The molecule has 4 rings (SSSR count). The first-order valence-corrected chi connectivity index (χ1v) is 10.8. The van der Waals surface area contributed by atoms with Crippen molar-refractivity contribution in [3.63, 3.8) is 0 Å². The molecule has 1 aliphatic rings. The number of carbonyl (C=O) groups excluding carboxylic acids is 3. The largest absolute Gasteiger partial charge is 0.456 e. The molecule has 0 radical (unpaired) electrons. The fourth-order valence-electron chi connectivity index (χ4n) is 3.08. The maximum absolute atomic E-state index is 13.0. The van der Waals surface area contributed by atoms with Crippen molar-refractivity contribution in [1.82, 2.24) is 4.90 Å². The first-order chi connectivity index (χ1) is 16.2. The van der Waals surface area contributed by atoms with Crippen molar-refractivity contribution in [3.05, 3.63) is 86.2 Å². The summed E-state index contributed by atoms with van der Waals surface area (Å²) in [6, 6.07) is 12.1. The molecule has 0 aliphatic carbocycles. The van der Waals surface area contributed by atoms with Crippen LogP contribution in [0.4, 0.5) is 20.6 Å². The Bertz CT molecular complexity index is 1350. The van der Waals surface area contributed by atoms with Crippen LogP contribution in [0, 0.1) is 15.9 Å². The molecule has 172 valence electrons. The zero-order chi connectivity index (χ0) is 24.4. The van der Waals surface area contributed by atoms with Gasteiger partial charge in [0.05, 0.1) is 15.4 Å². The molecular weight excluding hydrogens is 489 g/mol. The van der Waals surface area contributed by atoms with Gasteiger partial charge in [-0.05, 0) is 60.3 Å². The molecule has 1 aromatic heterocycles. The van der Waals surface area contributed by atoms with Gasteiger partial charge in [-0.15, -0.1) is 0 Å². The second-order valence-electron chi connectivity index (χ2n) is 6.94. The van der Waals surface area contributed by atoms with Gasteiger partial charge >= 0.3 is 0 Å². The van der Waals surface area contributed by atoms with Gasteiger partial charge in [-0.2, -0.15) is 0 Å². The molecule has 3 aromatic rings. The van der Waals surface area contributed by atoms with Gasteiger partial charge in [0.2, 0.25) is 5.91 Å². The van der Waals surface area contributed by atoms with Crippen LogP contribution in [0.5, 0.6) is 0 Å². The molecule has 1 saturated heterocycles. The molecule has 1 N–H and O–H groups in total. The molecular formula is C22H13ClFN3O6S. The number of imide groups is 1. The molecule has 34 heavy (non-hydrogen) atoms. The Kier molecular flexibility index (Phi) is 6.48. The number of carbonyl (C=O) groups is 3. The summed E-state index contributed by atoms with van der Waals surface area (Å²) >= 11 is 6.46. The van der Waals surface area contributed by atoms with Crippen molar-refractivity contribution in [2.45, 2.75) is 0 Å². The lowest BCUT2D eigenvalue weighted by molar-refractivity contribution is -0.384. The predicted octanol–water partition coefficient (Wildman–Crippen LogP) is 5.32.